The van der Waals surface area contributed by atoms with E-state index in [4.69, 9.17) is 19.6 Å². The zero-order valence-electron chi connectivity index (χ0n) is 15.5. The summed E-state index contributed by atoms with van der Waals surface area (Å²) in [6.07, 6.45) is 1.62. The number of nitrogens with zero attached hydrogens (tertiary/aromatic N) is 2. The van der Waals surface area contributed by atoms with Crippen LogP contribution >= 0.6 is 0 Å². The molecule has 3 aromatic rings. The number of nitriles is 1. The van der Waals surface area contributed by atoms with Crippen molar-refractivity contribution in [3.05, 3.63) is 95.1 Å². The van der Waals surface area contributed by atoms with Gasteiger partial charge in [0.05, 0.1) is 25.0 Å². The Morgan fingerprint density at radius 1 is 0.893 bits per heavy atom. The van der Waals surface area contributed by atoms with Gasteiger partial charge in [0.2, 0.25) is 0 Å². The molecule has 0 bridgehead atoms. The molecule has 0 aliphatic heterocycles. The standard InChI is InChI=1S/C23H20N2O3/c1-26-22-12-11-21(13-23(22)27-16-19-5-3-2-4-6-19)15-25-28-17-20-9-7-18(14-24)8-10-20/h2-13,15H,16-17H2,1H3/b25-15-. The number of ether oxygens (including phenoxy) is 2. The van der Waals surface area contributed by atoms with E-state index in [1.54, 1.807) is 25.5 Å². The molecule has 0 fully saturated rings. The first kappa shape index (κ1) is 19.0. The van der Waals surface area contributed by atoms with Crippen LogP contribution in [0.2, 0.25) is 0 Å². The van der Waals surface area contributed by atoms with Crippen molar-refractivity contribution < 1.29 is 14.3 Å². The molecule has 0 atom stereocenters. The molecule has 0 aliphatic carbocycles. The van der Waals surface area contributed by atoms with Crippen LogP contribution in [0, 0.1) is 11.3 Å². The van der Waals surface area contributed by atoms with Gasteiger partial charge in [-0.15, -0.1) is 0 Å². The van der Waals surface area contributed by atoms with Gasteiger partial charge in [0.25, 0.3) is 0 Å². The molecule has 0 N–H and O–H groups in total. The molecular weight excluding hydrogens is 352 g/mol. The topological polar surface area (TPSA) is 63.8 Å². The lowest BCUT2D eigenvalue weighted by atomic mass is 10.2. The van der Waals surface area contributed by atoms with Crippen LogP contribution in [0.1, 0.15) is 22.3 Å². The van der Waals surface area contributed by atoms with E-state index in [0.29, 0.717) is 30.3 Å². The van der Waals surface area contributed by atoms with Crippen molar-refractivity contribution in [2.45, 2.75) is 13.2 Å². The SMILES string of the molecule is COc1ccc(/C=N\OCc2ccc(C#N)cc2)cc1OCc1ccccc1. The highest BCUT2D eigenvalue weighted by Crippen LogP contribution is 2.28. The molecule has 0 aliphatic rings. The second-order valence-corrected chi connectivity index (χ2v) is 6.00. The highest BCUT2D eigenvalue weighted by atomic mass is 16.6. The van der Waals surface area contributed by atoms with E-state index in [1.807, 2.05) is 60.7 Å². The van der Waals surface area contributed by atoms with Gasteiger partial charge in [0.1, 0.15) is 13.2 Å². The van der Waals surface area contributed by atoms with Crippen LogP contribution in [-0.4, -0.2) is 13.3 Å². The summed E-state index contributed by atoms with van der Waals surface area (Å²) < 4.78 is 11.3. The lowest BCUT2D eigenvalue weighted by Gasteiger charge is -2.11. The zero-order valence-corrected chi connectivity index (χ0v) is 15.5. The van der Waals surface area contributed by atoms with Gasteiger partial charge in [-0.2, -0.15) is 5.26 Å². The first-order valence-electron chi connectivity index (χ1n) is 8.77. The lowest BCUT2D eigenvalue weighted by Crippen LogP contribution is -1.98. The first-order valence-corrected chi connectivity index (χ1v) is 8.77. The number of benzene rings is 3. The molecule has 3 aromatic carbocycles. The van der Waals surface area contributed by atoms with Gasteiger partial charge in [-0.25, -0.2) is 0 Å². The maximum absolute atomic E-state index is 8.81. The highest BCUT2D eigenvalue weighted by molar-refractivity contribution is 5.80. The van der Waals surface area contributed by atoms with Crippen LogP contribution in [0.4, 0.5) is 0 Å². The van der Waals surface area contributed by atoms with Gasteiger partial charge in [-0.05, 0) is 41.5 Å². The summed E-state index contributed by atoms with van der Waals surface area (Å²) >= 11 is 0. The minimum atomic E-state index is 0.329. The van der Waals surface area contributed by atoms with Crippen molar-refractivity contribution in [3.63, 3.8) is 0 Å². The third-order valence-electron chi connectivity index (χ3n) is 4.02. The van der Waals surface area contributed by atoms with Gasteiger partial charge >= 0.3 is 0 Å². The molecular formula is C23H20N2O3. The average Bonchev–Trinajstić information content (AvgIpc) is 2.76. The summed E-state index contributed by atoms with van der Waals surface area (Å²) in [6.45, 7) is 0.780. The summed E-state index contributed by atoms with van der Waals surface area (Å²) in [4.78, 5) is 5.34. The summed E-state index contributed by atoms with van der Waals surface area (Å²) in [6, 6.07) is 24.8. The Balaban J connectivity index is 1.60. The number of hydrogen-bond donors (Lipinski definition) is 0. The second-order valence-electron chi connectivity index (χ2n) is 6.00. The Labute approximate surface area is 164 Å². The van der Waals surface area contributed by atoms with Crippen LogP contribution in [0.15, 0.2) is 78.0 Å². The van der Waals surface area contributed by atoms with E-state index in [0.717, 1.165) is 16.7 Å². The van der Waals surface area contributed by atoms with Crippen molar-refractivity contribution in [2.24, 2.45) is 5.16 Å². The molecule has 5 nitrogen and oxygen atoms in total. The number of oxime groups is 1. The molecule has 0 unspecified atom stereocenters. The van der Waals surface area contributed by atoms with Crippen LogP contribution in [0.5, 0.6) is 11.5 Å². The Morgan fingerprint density at radius 2 is 1.64 bits per heavy atom. The molecule has 0 amide bonds. The molecule has 0 radical (unpaired) electrons. The smallest absolute Gasteiger partial charge is 0.162 e. The average molecular weight is 372 g/mol. The number of hydrogen-bond acceptors (Lipinski definition) is 5. The van der Waals surface area contributed by atoms with Gasteiger partial charge in [0.15, 0.2) is 11.5 Å². The van der Waals surface area contributed by atoms with E-state index in [9.17, 15) is 0 Å². The van der Waals surface area contributed by atoms with E-state index in [-0.39, 0.29) is 0 Å². The van der Waals surface area contributed by atoms with Crippen LogP contribution in [-0.2, 0) is 18.1 Å². The third-order valence-corrected chi connectivity index (χ3v) is 4.02. The van der Waals surface area contributed by atoms with E-state index >= 15 is 0 Å². The Hall–Kier alpha value is -3.78. The highest BCUT2D eigenvalue weighted by Gasteiger charge is 2.06. The fraction of sp³-hybridized carbons (Fsp3) is 0.130. The van der Waals surface area contributed by atoms with Crippen LogP contribution in [0.3, 0.4) is 0 Å². The largest absolute Gasteiger partial charge is 0.493 e. The summed E-state index contributed by atoms with van der Waals surface area (Å²) in [5, 5.41) is 12.8. The van der Waals surface area contributed by atoms with Gasteiger partial charge in [0, 0.05) is 5.56 Å². The van der Waals surface area contributed by atoms with Gasteiger partial charge in [-0.3, -0.25) is 0 Å². The third kappa shape index (κ3) is 5.36. The first-order chi connectivity index (χ1) is 13.8. The van der Waals surface area contributed by atoms with Crippen molar-refractivity contribution >= 4 is 6.21 Å². The quantitative estimate of drug-likeness (QED) is 0.425. The zero-order chi connectivity index (χ0) is 19.6. The summed E-state index contributed by atoms with van der Waals surface area (Å²) in [7, 11) is 1.61. The fourth-order valence-electron chi connectivity index (χ4n) is 2.51. The lowest BCUT2D eigenvalue weighted by molar-refractivity contribution is 0.132. The molecule has 0 saturated heterocycles. The molecule has 140 valence electrons. The molecule has 3 rings (SSSR count). The monoisotopic (exact) mass is 372 g/mol. The molecule has 5 heteroatoms. The molecule has 0 spiro atoms. The second kappa shape index (κ2) is 9.79. The van der Waals surface area contributed by atoms with E-state index in [1.165, 1.54) is 0 Å². The Kier molecular flexibility index (Phi) is 6.64. The molecule has 0 heterocycles. The number of methoxy groups -OCH3 is 1. The molecule has 0 aromatic heterocycles. The van der Waals surface area contributed by atoms with E-state index in [2.05, 4.69) is 11.2 Å². The van der Waals surface area contributed by atoms with Crippen molar-refractivity contribution in [1.82, 2.24) is 0 Å². The number of rotatable bonds is 8. The maximum Gasteiger partial charge on any atom is 0.162 e. The van der Waals surface area contributed by atoms with Gasteiger partial charge in [-0.1, -0.05) is 47.6 Å². The maximum atomic E-state index is 8.81. The van der Waals surface area contributed by atoms with E-state index < -0.39 is 0 Å². The Morgan fingerprint density at radius 3 is 2.36 bits per heavy atom. The molecule has 28 heavy (non-hydrogen) atoms. The summed E-state index contributed by atoms with van der Waals surface area (Å²) in [5.41, 5.74) is 3.48. The minimum absolute atomic E-state index is 0.329. The predicted octanol–water partition coefficient (Wildman–Crippen LogP) is 4.70. The van der Waals surface area contributed by atoms with Crippen molar-refractivity contribution in [1.29, 1.82) is 5.26 Å². The van der Waals surface area contributed by atoms with Crippen LogP contribution in [0.25, 0.3) is 0 Å². The Bertz CT molecular complexity index is 961. The van der Waals surface area contributed by atoms with Crippen molar-refractivity contribution in [2.75, 3.05) is 7.11 Å². The fourth-order valence-corrected chi connectivity index (χ4v) is 2.51. The van der Waals surface area contributed by atoms with Crippen LogP contribution < -0.4 is 9.47 Å². The molecule has 0 saturated carbocycles. The predicted molar refractivity (Wildman–Crippen MR) is 107 cm³/mol. The summed E-state index contributed by atoms with van der Waals surface area (Å²) in [5.74, 6) is 1.30. The normalized spacial score (nSPS) is 10.4. The minimum Gasteiger partial charge on any atom is -0.493 e. The van der Waals surface area contributed by atoms with Gasteiger partial charge < -0.3 is 14.3 Å². The van der Waals surface area contributed by atoms with Crippen molar-refractivity contribution in [3.8, 4) is 17.6 Å².